The van der Waals surface area contributed by atoms with Gasteiger partial charge in [-0.3, -0.25) is 9.89 Å². The van der Waals surface area contributed by atoms with E-state index in [0.29, 0.717) is 11.9 Å². The van der Waals surface area contributed by atoms with Crippen LogP contribution in [0.15, 0.2) is 66.7 Å². The van der Waals surface area contributed by atoms with Crippen LogP contribution in [0.4, 0.5) is 5.69 Å². The zero-order valence-electron chi connectivity index (χ0n) is 16.2. The smallest absolute Gasteiger partial charge is 0.261 e. The second-order valence-electron chi connectivity index (χ2n) is 6.82. The molecule has 0 spiro atoms. The maximum Gasteiger partial charge on any atom is 0.261 e. The Morgan fingerprint density at radius 1 is 1.10 bits per heavy atom. The molecule has 0 bridgehead atoms. The van der Waals surface area contributed by atoms with Gasteiger partial charge in [-0.2, -0.15) is 5.10 Å². The van der Waals surface area contributed by atoms with Gasteiger partial charge in [0.25, 0.3) is 5.91 Å². The molecule has 1 amide bonds. The van der Waals surface area contributed by atoms with Gasteiger partial charge in [-0.1, -0.05) is 30.3 Å². The Kier molecular flexibility index (Phi) is 4.91. The Morgan fingerprint density at radius 2 is 1.90 bits per heavy atom. The zero-order chi connectivity index (χ0) is 20.4. The van der Waals surface area contributed by atoms with E-state index in [1.54, 1.807) is 20.2 Å². The molecule has 0 saturated heterocycles. The number of phenolic OH excluding ortho intramolecular Hbond substituents is 1. The molecule has 0 aliphatic rings. The van der Waals surface area contributed by atoms with Gasteiger partial charge in [0.1, 0.15) is 11.5 Å². The number of carbonyl (C=O) groups is 1. The number of hydrogen-bond acceptors (Lipinski definition) is 4. The Morgan fingerprint density at radius 3 is 2.66 bits per heavy atom. The highest BCUT2D eigenvalue weighted by Gasteiger charge is 2.20. The maximum absolute atomic E-state index is 13.0. The van der Waals surface area contributed by atoms with Crippen LogP contribution in [0.25, 0.3) is 10.9 Å². The minimum Gasteiger partial charge on any atom is -0.507 e. The molecule has 2 N–H and O–H groups in total. The van der Waals surface area contributed by atoms with Crippen molar-refractivity contribution in [3.8, 4) is 11.5 Å². The molecule has 29 heavy (non-hydrogen) atoms. The van der Waals surface area contributed by atoms with Crippen molar-refractivity contribution in [1.29, 1.82) is 0 Å². The molecule has 0 aliphatic heterocycles. The number of methoxy groups -OCH3 is 1. The Labute approximate surface area is 168 Å². The van der Waals surface area contributed by atoms with Crippen LogP contribution in [0.1, 0.15) is 21.6 Å². The normalized spacial score (nSPS) is 10.8. The average Bonchev–Trinajstić information content (AvgIpc) is 3.14. The molecular formula is C23H21N3O3. The molecule has 6 heteroatoms. The van der Waals surface area contributed by atoms with E-state index in [9.17, 15) is 9.90 Å². The van der Waals surface area contributed by atoms with Crippen molar-refractivity contribution in [2.24, 2.45) is 0 Å². The topological polar surface area (TPSA) is 78.5 Å². The van der Waals surface area contributed by atoms with Gasteiger partial charge in [0.2, 0.25) is 0 Å². The predicted octanol–water partition coefficient (Wildman–Crippen LogP) is 4.14. The Hall–Kier alpha value is -3.80. The van der Waals surface area contributed by atoms with Gasteiger partial charge in [-0.15, -0.1) is 0 Å². The highest BCUT2D eigenvalue weighted by atomic mass is 16.5. The molecule has 0 unspecified atom stereocenters. The number of nitrogens with one attached hydrogen (secondary N) is 1. The number of phenols is 1. The molecule has 146 valence electrons. The number of carbonyl (C=O) groups excluding carboxylic acids is 1. The number of aromatic amines is 1. The summed E-state index contributed by atoms with van der Waals surface area (Å²) in [4.78, 5) is 14.5. The summed E-state index contributed by atoms with van der Waals surface area (Å²) in [5.74, 6) is 0.401. The Bertz CT molecular complexity index is 1170. The summed E-state index contributed by atoms with van der Waals surface area (Å²) in [6.45, 7) is 0. The molecule has 0 saturated carbocycles. The lowest BCUT2D eigenvalue weighted by Gasteiger charge is -2.18. The molecule has 0 fully saturated rings. The number of amides is 1. The lowest BCUT2D eigenvalue weighted by Crippen LogP contribution is -2.26. The van der Waals surface area contributed by atoms with E-state index in [1.807, 2.05) is 54.6 Å². The summed E-state index contributed by atoms with van der Waals surface area (Å²) in [6, 6.07) is 20.3. The number of rotatable bonds is 5. The summed E-state index contributed by atoms with van der Waals surface area (Å²) in [7, 11) is 3.32. The molecule has 4 aromatic rings. The number of hydrogen-bond donors (Lipinski definition) is 2. The predicted molar refractivity (Wildman–Crippen MR) is 113 cm³/mol. The zero-order valence-corrected chi connectivity index (χ0v) is 16.2. The van der Waals surface area contributed by atoms with Gasteiger partial charge >= 0.3 is 0 Å². The first-order chi connectivity index (χ1) is 14.1. The van der Waals surface area contributed by atoms with Crippen molar-refractivity contribution in [1.82, 2.24) is 10.2 Å². The van der Waals surface area contributed by atoms with Gasteiger partial charge in [0.15, 0.2) is 0 Å². The second-order valence-corrected chi connectivity index (χ2v) is 6.82. The standard InChI is InChI=1S/C23H21N3O3/c1-26(16-8-4-3-5-9-16)23(28)19-13-18-20(24-25-21(18)14-22(19)27)12-15-7-6-10-17(11-15)29-2/h3-11,13-14,27H,12H2,1-2H3,(H,24,25). The quantitative estimate of drug-likeness (QED) is 0.539. The van der Waals surface area contributed by atoms with Gasteiger partial charge in [0, 0.05) is 36.3 Å². The van der Waals surface area contributed by atoms with Gasteiger partial charge in [-0.05, 0) is 35.9 Å². The van der Waals surface area contributed by atoms with Crippen LogP contribution < -0.4 is 9.64 Å². The van der Waals surface area contributed by atoms with E-state index in [2.05, 4.69) is 10.2 Å². The summed E-state index contributed by atoms with van der Waals surface area (Å²) in [5.41, 5.74) is 3.51. The van der Waals surface area contributed by atoms with Gasteiger partial charge in [-0.25, -0.2) is 0 Å². The summed E-state index contributed by atoms with van der Waals surface area (Å²) < 4.78 is 5.29. The second kappa shape index (κ2) is 7.67. The molecule has 0 atom stereocenters. The number of aromatic nitrogens is 2. The number of para-hydroxylation sites is 1. The van der Waals surface area contributed by atoms with Crippen LogP contribution in [0, 0.1) is 0 Å². The number of benzene rings is 3. The summed E-state index contributed by atoms with van der Waals surface area (Å²) >= 11 is 0. The van der Waals surface area contributed by atoms with Gasteiger partial charge < -0.3 is 14.7 Å². The lowest BCUT2D eigenvalue weighted by atomic mass is 10.0. The summed E-state index contributed by atoms with van der Waals surface area (Å²) in [6.07, 6.45) is 0.598. The van der Waals surface area contributed by atoms with E-state index in [4.69, 9.17) is 4.74 Å². The number of aromatic hydroxyl groups is 1. The highest BCUT2D eigenvalue weighted by molar-refractivity contribution is 6.09. The fraction of sp³-hybridized carbons (Fsp3) is 0.130. The van der Waals surface area contributed by atoms with Crippen LogP contribution in [0.2, 0.25) is 0 Å². The highest BCUT2D eigenvalue weighted by Crippen LogP contribution is 2.29. The van der Waals surface area contributed by atoms with E-state index in [-0.39, 0.29) is 17.2 Å². The van der Waals surface area contributed by atoms with Crippen LogP contribution in [0.3, 0.4) is 0 Å². The third-order valence-corrected chi connectivity index (χ3v) is 4.94. The molecule has 0 aliphatic carbocycles. The molecule has 1 heterocycles. The van der Waals surface area contributed by atoms with Crippen molar-refractivity contribution in [2.75, 3.05) is 19.1 Å². The molecule has 4 rings (SSSR count). The largest absolute Gasteiger partial charge is 0.507 e. The number of ether oxygens (including phenoxy) is 1. The maximum atomic E-state index is 13.0. The van der Waals surface area contributed by atoms with E-state index >= 15 is 0 Å². The molecule has 1 aromatic heterocycles. The molecule has 6 nitrogen and oxygen atoms in total. The first-order valence-electron chi connectivity index (χ1n) is 9.23. The summed E-state index contributed by atoms with van der Waals surface area (Å²) in [5, 5.41) is 18.5. The fourth-order valence-corrected chi connectivity index (χ4v) is 3.34. The van der Waals surface area contributed by atoms with E-state index in [1.165, 1.54) is 11.0 Å². The van der Waals surface area contributed by atoms with Crippen molar-refractivity contribution < 1.29 is 14.6 Å². The fourth-order valence-electron chi connectivity index (χ4n) is 3.34. The van der Waals surface area contributed by atoms with Crippen molar-refractivity contribution in [3.05, 3.63) is 83.6 Å². The number of anilines is 1. The van der Waals surface area contributed by atoms with Crippen LogP contribution in [-0.4, -0.2) is 35.4 Å². The molecule has 3 aromatic carbocycles. The van der Waals surface area contributed by atoms with Crippen LogP contribution in [-0.2, 0) is 6.42 Å². The third kappa shape index (κ3) is 3.65. The minimum absolute atomic E-state index is 0.0929. The van der Waals surface area contributed by atoms with Crippen molar-refractivity contribution in [2.45, 2.75) is 6.42 Å². The third-order valence-electron chi connectivity index (χ3n) is 4.94. The molecular weight excluding hydrogens is 366 g/mol. The Balaban J connectivity index is 1.70. The van der Waals surface area contributed by atoms with E-state index < -0.39 is 0 Å². The number of nitrogens with zero attached hydrogens (tertiary/aromatic N) is 2. The first kappa shape index (κ1) is 18.6. The van der Waals surface area contributed by atoms with Crippen LogP contribution in [0.5, 0.6) is 11.5 Å². The van der Waals surface area contributed by atoms with Crippen LogP contribution >= 0.6 is 0 Å². The van der Waals surface area contributed by atoms with E-state index in [0.717, 1.165) is 28.1 Å². The first-order valence-corrected chi connectivity index (χ1v) is 9.23. The average molecular weight is 387 g/mol. The van der Waals surface area contributed by atoms with Crippen molar-refractivity contribution >= 4 is 22.5 Å². The molecule has 0 radical (unpaired) electrons. The van der Waals surface area contributed by atoms with Crippen molar-refractivity contribution in [3.63, 3.8) is 0 Å². The monoisotopic (exact) mass is 387 g/mol. The number of H-pyrrole nitrogens is 1. The number of fused-ring (bicyclic) bond motifs is 1. The van der Waals surface area contributed by atoms with Gasteiger partial charge in [0.05, 0.1) is 18.2 Å². The lowest BCUT2D eigenvalue weighted by molar-refractivity contribution is 0.0990. The minimum atomic E-state index is -0.288. The SMILES string of the molecule is COc1cccc(Cc2[nH]nc3cc(O)c(C(=O)N(C)c4ccccc4)cc23)c1.